The fraction of sp³-hybridized carbons (Fsp3) is 0. The summed E-state index contributed by atoms with van der Waals surface area (Å²) in [6.07, 6.45) is 1.62. The molecule has 2 aromatic carbocycles. The highest BCUT2D eigenvalue weighted by Gasteiger charge is 2.08. The number of aromatic nitrogens is 2. The minimum atomic E-state index is 0.206. The van der Waals surface area contributed by atoms with Crippen LogP contribution in [0.3, 0.4) is 0 Å². The minimum absolute atomic E-state index is 0.206. The van der Waals surface area contributed by atoms with Crippen molar-refractivity contribution < 1.29 is 0 Å². The van der Waals surface area contributed by atoms with Crippen LogP contribution in [-0.4, -0.2) is 9.97 Å². The van der Waals surface area contributed by atoms with Gasteiger partial charge in [0.05, 0.1) is 4.47 Å². The normalized spacial score (nSPS) is 10.8. The number of rotatable bonds is 2. The van der Waals surface area contributed by atoms with Crippen LogP contribution in [0.5, 0.6) is 0 Å². The molecule has 100 valence electrons. The van der Waals surface area contributed by atoms with E-state index >= 15 is 0 Å². The van der Waals surface area contributed by atoms with E-state index in [1.54, 1.807) is 6.20 Å². The van der Waals surface area contributed by atoms with Crippen molar-refractivity contribution in [1.82, 2.24) is 9.97 Å². The molecule has 3 nitrogen and oxygen atoms in total. The molecule has 0 saturated heterocycles. The first kappa shape index (κ1) is 13.8. The number of hydrogen-bond donors (Lipinski definition) is 1. The molecule has 0 amide bonds. The average Bonchev–Trinajstić information content (AvgIpc) is 2.46. The maximum Gasteiger partial charge on any atom is 0.224 e. The van der Waals surface area contributed by atoms with Gasteiger partial charge >= 0.3 is 0 Å². The summed E-state index contributed by atoms with van der Waals surface area (Å²) < 4.78 is 1.81. The van der Waals surface area contributed by atoms with E-state index in [9.17, 15) is 0 Å². The molecule has 1 aromatic heterocycles. The zero-order valence-electron chi connectivity index (χ0n) is 10.1. The Morgan fingerprint density at radius 1 is 0.950 bits per heavy atom. The minimum Gasteiger partial charge on any atom is -0.339 e. The van der Waals surface area contributed by atoms with E-state index in [1.807, 2.05) is 24.3 Å². The van der Waals surface area contributed by atoms with Gasteiger partial charge in [-0.1, -0.05) is 40.2 Å². The second kappa shape index (κ2) is 5.68. The van der Waals surface area contributed by atoms with Crippen molar-refractivity contribution in [3.8, 4) is 0 Å². The summed E-state index contributed by atoms with van der Waals surface area (Å²) in [5, 5.41) is 5.72. The maximum atomic E-state index is 5.84. The Kier molecular flexibility index (Phi) is 3.92. The first-order chi connectivity index (χ1) is 9.65. The molecule has 3 aromatic rings. The molecule has 0 aliphatic carbocycles. The van der Waals surface area contributed by atoms with Gasteiger partial charge < -0.3 is 5.32 Å². The molecule has 3 rings (SSSR count). The third-order valence-electron chi connectivity index (χ3n) is 2.84. The van der Waals surface area contributed by atoms with Crippen molar-refractivity contribution in [1.29, 1.82) is 0 Å². The molecule has 0 atom stereocenters. The molecule has 0 spiro atoms. The third-order valence-corrected chi connectivity index (χ3v) is 4.29. The van der Waals surface area contributed by atoms with Gasteiger partial charge in [0.15, 0.2) is 0 Å². The number of anilines is 2. The molecular weight excluding hydrogens is 405 g/mol. The zero-order valence-corrected chi connectivity index (χ0v) is 14.0. The number of nitrogens with zero attached hydrogens (tertiary/aromatic N) is 2. The van der Waals surface area contributed by atoms with Gasteiger partial charge in [-0.05, 0) is 45.0 Å². The number of halogens is 3. The Balaban J connectivity index is 2.11. The third kappa shape index (κ3) is 2.66. The largest absolute Gasteiger partial charge is 0.339 e. The van der Waals surface area contributed by atoms with Crippen LogP contribution < -0.4 is 5.32 Å². The SMILES string of the molecule is Clc1ncc(Br)c(Nc2ccc(Br)c3ccccc23)n1. The molecule has 0 aliphatic heterocycles. The highest BCUT2D eigenvalue weighted by Crippen LogP contribution is 2.33. The number of hydrogen-bond acceptors (Lipinski definition) is 3. The Morgan fingerprint density at radius 3 is 2.50 bits per heavy atom. The van der Waals surface area contributed by atoms with E-state index < -0.39 is 0 Å². The summed E-state index contributed by atoms with van der Waals surface area (Å²) in [4.78, 5) is 8.10. The Morgan fingerprint density at radius 2 is 1.70 bits per heavy atom. The Hall–Kier alpha value is -1.17. The fourth-order valence-electron chi connectivity index (χ4n) is 1.93. The summed E-state index contributed by atoms with van der Waals surface area (Å²) >= 11 is 12.8. The van der Waals surface area contributed by atoms with Crippen molar-refractivity contribution in [3.05, 3.63) is 56.8 Å². The fourth-order valence-corrected chi connectivity index (χ4v) is 2.83. The van der Waals surface area contributed by atoms with Gasteiger partial charge in [-0.15, -0.1) is 0 Å². The van der Waals surface area contributed by atoms with Crippen LogP contribution in [0.25, 0.3) is 10.8 Å². The van der Waals surface area contributed by atoms with Gasteiger partial charge in [-0.25, -0.2) is 4.98 Å². The first-order valence-electron chi connectivity index (χ1n) is 5.77. The summed E-state index contributed by atoms with van der Waals surface area (Å²) in [7, 11) is 0. The quantitative estimate of drug-likeness (QED) is 0.560. The molecule has 1 heterocycles. The second-order valence-electron chi connectivity index (χ2n) is 4.10. The van der Waals surface area contributed by atoms with E-state index in [-0.39, 0.29) is 5.28 Å². The molecule has 0 saturated carbocycles. The average molecular weight is 414 g/mol. The molecule has 0 radical (unpaired) electrons. The van der Waals surface area contributed by atoms with Gasteiger partial charge in [-0.2, -0.15) is 4.98 Å². The van der Waals surface area contributed by atoms with Crippen LogP contribution in [0.1, 0.15) is 0 Å². The molecule has 0 aliphatic rings. The molecule has 0 unspecified atom stereocenters. The molecule has 20 heavy (non-hydrogen) atoms. The van der Waals surface area contributed by atoms with Crippen molar-refractivity contribution in [2.75, 3.05) is 5.32 Å². The highest BCUT2D eigenvalue weighted by atomic mass is 79.9. The number of fused-ring (bicyclic) bond motifs is 1. The monoisotopic (exact) mass is 411 g/mol. The zero-order chi connectivity index (χ0) is 14.1. The first-order valence-corrected chi connectivity index (χ1v) is 7.74. The molecular formula is C14H8Br2ClN3. The van der Waals surface area contributed by atoms with Crippen LogP contribution in [0.2, 0.25) is 5.28 Å². The smallest absolute Gasteiger partial charge is 0.224 e. The van der Waals surface area contributed by atoms with E-state index in [1.165, 1.54) is 0 Å². The highest BCUT2D eigenvalue weighted by molar-refractivity contribution is 9.11. The van der Waals surface area contributed by atoms with Crippen LogP contribution >= 0.6 is 43.5 Å². The molecule has 0 fully saturated rings. The summed E-state index contributed by atoms with van der Waals surface area (Å²) in [5.74, 6) is 0.637. The van der Waals surface area contributed by atoms with Gasteiger partial charge in [0.2, 0.25) is 5.28 Å². The van der Waals surface area contributed by atoms with E-state index in [4.69, 9.17) is 11.6 Å². The van der Waals surface area contributed by atoms with Crippen molar-refractivity contribution in [3.63, 3.8) is 0 Å². The lowest BCUT2D eigenvalue weighted by Crippen LogP contribution is -1.97. The van der Waals surface area contributed by atoms with Crippen LogP contribution in [0.4, 0.5) is 11.5 Å². The lowest BCUT2D eigenvalue weighted by atomic mass is 10.1. The van der Waals surface area contributed by atoms with E-state index in [0.717, 1.165) is 25.4 Å². The van der Waals surface area contributed by atoms with Crippen LogP contribution in [-0.2, 0) is 0 Å². The van der Waals surface area contributed by atoms with E-state index in [2.05, 4.69) is 59.3 Å². The standard InChI is InChI=1S/C14H8Br2ClN3/c15-10-5-6-12(9-4-2-1-3-8(9)10)19-13-11(16)7-18-14(17)20-13/h1-7H,(H,18,19,20). The lowest BCUT2D eigenvalue weighted by Gasteiger charge is -2.11. The maximum absolute atomic E-state index is 5.84. The summed E-state index contributed by atoms with van der Waals surface area (Å²) in [6.45, 7) is 0. The molecule has 1 N–H and O–H groups in total. The van der Waals surface area contributed by atoms with Crippen LogP contribution in [0, 0.1) is 0 Å². The Bertz CT molecular complexity index is 792. The lowest BCUT2D eigenvalue weighted by molar-refractivity contribution is 1.15. The van der Waals surface area contributed by atoms with E-state index in [0.29, 0.717) is 5.82 Å². The molecule has 6 heteroatoms. The van der Waals surface area contributed by atoms with Gasteiger partial charge in [0.1, 0.15) is 5.82 Å². The topological polar surface area (TPSA) is 37.8 Å². The predicted molar refractivity (Wildman–Crippen MR) is 89.7 cm³/mol. The van der Waals surface area contributed by atoms with Gasteiger partial charge in [-0.3, -0.25) is 0 Å². The summed E-state index contributed by atoms with van der Waals surface area (Å²) in [5.41, 5.74) is 0.958. The summed E-state index contributed by atoms with van der Waals surface area (Å²) in [6, 6.07) is 12.1. The number of benzene rings is 2. The van der Waals surface area contributed by atoms with Gasteiger partial charge in [0, 0.05) is 21.7 Å². The van der Waals surface area contributed by atoms with Gasteiger partial charge in [0.25, 0.3) is 0 Å². The van der Waals surface area contributed by atoms with Crippen molar-refractivity contribution in [2.24, 2.45) is 0 Å². The Labute approximate surface area is 137 Å². The second-order valence-corrected chi connectivity index (χ2v) is 6.15. The number of nitrogens with one attached hydrogen (secondary N) is 1. The predicted octanol–water partition coefficient (Wildman–Crippen LogP) is 5.55. The van der Waals surface area contributed by atoms with Crippen molar-refractivity contribution >= 4 is 65.7 Å². The van der Waals surface area contributed by atoms with Crippen LogP contribution in [0.15, 0.2) is 51.5 Å². The molecule has 0 bridgehead atoms. The van der Waals surface area contributed by atoms with Crippen molar-refractivity contribution in [2.45, 2.75) is 0 Å².